The predicted octanol–water partition coefficient (Wildman–Crippen LogP) is 1.13. The van der Waals surface area contributed by atoms with Gasteiger partial charge < -0.3 is 15.4 Å². The maximum atomic E-state index is 11.9. The molecule has 0 radical (unpaired) electrons. The predicted molar refractivity (Wildman–Crippen MR) is 79.9 cm³/mol. The molecule has 0 bridgehead atoms. The quantitative estimate of drug-likeness (QED) is 0.422. The Morgan fingerprint density at radius 1 is 1.32 bits per heavy atom. The molecule has 0 aliphatic heterocycles. The minimum absolute atomic E-state index is 0.0663. The van der Waals surface area contributed by atoms with Crippen molar-refractivity contribution < 1.29 is 19.2 Å². The van der Waals surface area contributed by atoms with Crippen LogP contribution < -0.4 is 10.6 Å². The summed E-state index contributed by atoms with van der Waals surface area (Å²) in [7, 11) is 1.52. The van der Waals surface area contributed by atoms with Crippen LogP contribution >= 0.6 is 11.6 Å². The number of carbonyl (C=O) groups is 2. The van der Waals surface area contributed by atoms with E-state index in [-0.39, 0.29) is 35.1 Å². The first-order valence-corrected chi connectivity index (χ1v) is 6.81. The highest BCUT2D eigenvalue weighted by Crippen LogP contribution is 2.22. The number of nitro benzene ring substituents is 1. The van der Waals surface area contributed by atoms with Gasteiger partial charge in [0.25, 0.3) is 11.6 Å². The van der Waals surface area contributed by atoms with Crippen LogP contribution in [-0.2, 0) is 9.53 Å². The number of benzene rings is 1. The summed E-state index contributed by atoms with van der Waals surface area (Å²) in [4.78, 5) is 33.5. The van der Waals surface area contributed by atoms with Crippen molar-refractivity contribution in [1.29, 1.82) is 0 Å². The zero-order valence-electron chi connectivity index (χ0n) is 11.9. The number of nitro groups is 1. The summed E-state index contributed by atoms with van der Waals surface area (Å²) in [5.41, 5.74) is -0.483. The summed E-state index contributed by atoms with van der Waals surface area (Å²) < 4.78 is 4.78. The zero-order valence-corrected chi connectivity index (χ0v) is 12.7. The number of ether oxygens (including phenoxy) is 1. The summed E-state index contributed by atoms with van der Waals surface area (Å²) >= 11 is 5.67. The molecular formula is C13H16ClN3O5. The van der Waals surface area contributed by atoms with Crippen molar-refractivity contribution in [2.75, 3.05) is 26.8 Å². The number of halogens is 1. The summed E-state index contributed by atoms with van der Waals surface area (Å²) in [5, 5.41) is 16.1. The third-order valence-electron chi connectivity index (χ3n) is 2.67. The highest BCUT2D eigenvalue weighted by molar-refractivity contribution is 6.31. The minimum Gasteiger partial charge on any atom is -0.383 e. The number of carbonyl (C=O) groups excluding carboxylic acids is 2. The lowest BCUT2D eigenvalue weighted by Crippen LogP contribution is -2.32. The van der Waals surface area contributed by atoms with E-state index in [1.54, 1.807) is 0 Å². The molecule has 0 saturated heterocycles. The molecule has 0 heterocycles. The van der Waals surface area contributed by atoms with Gasteiger partial charge in [0.05, 0.1) is 11.5 Å². The van der Waals surface area contributed by atoms with Crippen LogP contribution in [0.15, 0.2) is 18.2 Å². The summed E-state index contributed by atoms with van der Waals surface area (Å²) in [6.07, 6.45) is 0.0663. The van der Waals surface area contributed by atoms with Gasteiger partial charge in [-0.25, -0.2) is 0 Å². The zero-order chi connectivity index (χ0) is 16.5. The lowest BCUT2D eigenvalue weighted by molar-refractivity contribution is -0.385. The molecule has 120 valence electrons. The Balaban J connectivity index is 2.53. The van der Waals surface area contributed by atoms with Crippen LogP contribution in [-0.4, -0.2) is 43.5 Å². The molecule has 1 aromatic rings. The van der Waals surface area contributed by atoms with Crippen molar-refractivity contribution in [3.05, 3.63) is 38.9 Å². The average molecular weight is 330 g/mol. The highest BCUT2D eigenvalue weighted by Gasteiger charge is 2.20. The van der Waals surface area contributed by atoms with Crippen LogP contribution in [0.2, 0.25) is 5.02 Å². The van der Waals surface area contributed by atoms with E-state index in [0.717, 1.165) is 6.07 Å². The third kappa shape index (κ3) is 5.66. The molecular weight excluding hydrogens is 314 g/mol. The molecule has 0 spiro atoms. The largest absolute Gasteiger partial charge is 0.383 e. The number of nitrogens with one attached hydrogen (secondary N) is 2. The van der Waals surface area contributed by atoms with E-state index in [4.69, 9.17) is 16.3 Å². The maximum absolute atomic E-state index is 11.9. The maximum Gasteiger partial charge on any atom is 0.283 e. The average Bonchev–Trinajstić information content (AvgIpc) is 2.47. The first-order chi connectivity index (χ1) is 10.5. The van der Waals surface area contributed by atoms with Gasteiger partial charge in [-0.2, -0.15) is 0 Å². The van der Waals surface area contributed by atoms with E-state index in [2.05, 4.69) is 10.6 Å². The standard InChI is InChI=1S/C13H16ClN3O5/c1-22-7-6-15-12(18)4-5-16-13(19)10-3-2-9(14)8-11(10)17(20)21/h2-3,8H,4-7H2,1H3,(H,15,18)(H,16,19). The fourth-order valence-corrected chi connectivity index (χ4v) is 1.78. The molecule has 0 fully saturated rings. The van der Waals surface area contributed by atoms with Crippen molar-refractivity contribution in [2.45, 2.75) is 6.42 Å². The van der Waals surface area contributed by atoms with Gasteiger partial charge in [0.2, 0.25) is 5.91 Å². The fourth-order valence-electron chi connectivity index (χ4n) is 1.61. The van der Waals surface area contributed by atoms with Crippen LogP contribution in [0.5, 0.6) is 0 Å². The van der Waals surface area contributed by atoms with Crippen molar-refractivity contribution in [3.63, 3.8) is 0 Å². The first kappa shape index (κ1) is 17.9. The molecule has 0 aromatic heterocycles. The summed E-state index contributed by atoms with van der Waals surface area (Å²) in [6.45, 7) is 0.846. The van der Waals surface area contributed by atoms with Crippen LogP contribution in [0.4, 0.5) is 5.69 Å². The van der Waals surface area contributed by atoms with Crippen LogP contribution in [0, 0.1) is 10.1 Å². The smallest absolute Gasteiger partial charge is 0.283 e. The second-order valence-corrected chi connectivity index (χ2v) is 4.70. The van der Waals surface area contributed by atoms with Crippen LogP contribution in [0.3, 0.4) is 0 Å². The number of hydrogen-bond acceptors (Lipinski definition) is 5. The third-order valence-corrected chi connectivity index (χ3v) is 2.90. The van der Waals surface area contributed by atoms with Crippen LogP contribution in [0.25, 0.3) is 0 Å². The monoisotopic (exact) mass is 329 g/mol. The first-order valence-electron chi connectivity index (χ1n) is 6.43. The van der Waals surface area contributed by atoms with Gasteiger partial charge in [-0.1, -0.05) is 11.6 Å². The number of hydrogen-bond donors (Lipinski definition) is 2. The second-order valence-electron chi connectivity index (χ2n) is 4.27. The number of amides is 2. The van der Waals surface area contributed by atoms with E-state index in [9.17, 15) is 19.7 Å². The molecule has 22 heavy (non-hydrogen) atoms. The Hall–Kier alpha value is -2.19. The van der Waals surface area contributed by atoms with Crippen LogP contribution in [0.1, 0.15) is 16.8 Å². The summed E-state index contributed by atoms with van der Waals surface area (Å²) in [5.74, 6) is -0.879. The van der Waals surface area contributed by atoms with E-state index >= 15 is 0 Å². The molecule has 1 rings (SSSR count). The van der Waals surface area contributed by atoms with Gasteiger partial charge in [-0.05, 0) is 12.1 Å². The molecule has 1 aromatic carbocycles. The van der Waals surface area contributed by atoms with E-state index in [0.29, 0.717) is 13.2 Å². The normalized spacial score (nSPS) is 10.1. The van der Waals surface area contributed by atoms with Gasteiger partial charge >= 0.3 is 0 Å². The fraction of sp³-hybridized carbons (Fsp3) is 0.385. The van der Waals surface area contributed by atoms with Crippen molar-refractivity contribution in [2.24, 2.45) is 0 Å². The Kier molecular flexibility index (Phi) is 7.27. The number of nitrogens with zero attached hydrogens (tertiary/aromatic N) is 1. The van der Waals surface area contributed by atoms with E-state index in [1.165, 1.54) is 19.2 Å². The second kappa shape index (κ2) is 8.96. The molecule has 2 N–H and O–H groups in total. The minimum atomic E-state index is -0.682. The van der Waals surface area contributed by atoms with Crippen molar-refractivity contribution in [3.8, 4) is 0 Å². The van der Waals surface area contributed by atoms with E-state index < -0.39 is 10.8 Å². The Morgan fingerprint density at radius 2 is 2.05 bits per heavy atom. The molecule has 0 saturated carbocycles. The van der Waals surface area contributed by atoms with Gasteiger partial charge in [0.1, 0.15) is 5.56 Å². The molecule has 2 amide bonds. The van der Waals surface area contributed by atoms with Gasteiger partial charge in [0.15, 0.2) is 0 Å². The Morgan fingerprint density at radius 3 is 2.68 bits per heavy atom. The lowest BCUT2D eigenvalue weighted by Gasteiger charge is -2.07. The molecule has 0 aliphatic rings. The molecule has 0 aliphatic carbocycles. The molecule has 9 heteroatoms. The SMILES string of the molecule is COCCNC(=O)CCNC(=O)c1ccc(Cl)cc1[N+](=O)[O-]. The van der Waals surface area contributed by atoms with Gasteiger partial charge in [0, 0.05) is 37.7 Å². The molecule has 0 atom stereocenters. The molecule has 0 unspecified atom stereocenters. The number of rotatable bonds is 8. The van der Waals surface area contributed by atoms with Crippen molar-refractivity contribution in [1.82, 2.24) is 10.6 Å². The summed E-state index contributed by atoms with van der Waals surface area (Å²) in [6, 6.07) is 3.77. The van der Waals surface area contributed by atoms with Crippen molar-refractivity contribution >= 4 is 29.1 Å². The topological polar surface area (TPSA) is 111 Å². The Labute approximate surface area is 131 Å². The van der Waals surface area contributed by atoms with Gasteiger partial charge in [-0.15, -0.1) is 0 Å². The number of methoxy groups -OCH3 is 1. The lowest BCUT2D eigenvalue weighted by atomic mass is 10.1. The van der Waals surface area contributed by atoms with Gasteiger partial charge in [-0.3, -0.25) is 19.7 Å². The van der Waals surface area contributed by atoms with E-state index in [1.807, 2.05) is 0 Å². The Bertz CT molecular complexity index is 565. The highest BCUT2D eigenvalue weighted by atomic mass is 35.5. The molecule has 8 nitrogen and oxygen atoms in total.